The van der Waals surface area contributed by atoms with Gasteiger partial charge in [0, 0.05) is 12.1 Å². The van der Waals surface area contributed by atoms with Gasteiger partial charge in [0.15, 0.2) is 0 Å². The smallest absolute Gasteiger partial charge is 0.129 e. The molecule has 0 amide bonds. The molecule has 0 aromatic heterocycles. The van der Waals surface area contributed by atoms with Gasteiger partial charge in [-0.1, -0.05) is 12.1 Å². The highest BCUT2D eigenvalue weighted by molar-refractivity contribution is 5.37. The third-order valence-electron chi connectivity index (χ3n) is 3.18. The van der Waals surface area contributed by atoms with E-state index < -0.39 is 0 Å². The number of hydrogen-bond acceptors (Lipinski definition) is 2. The van der Waals surface area contributed by atoms with E-state index in [-0.39, 0.29) is 11.4 Å². The summed E-state index contributed by atoms with van der Waals surface area (Å²) in [6.07, 6.45) is 0.876. The summed E-state index contributed by atoms with van der Waals surface area (Å²) in [5, 5.41) is 3.23. The first kappa shape index (κ1) is 8.38. The zero-order valence-electron chi connectivity index (χ0n) is 7.85. The molecule has 1 unspecified atom stereocenters. The minimum atomic E-state index is -0.374. The standard InChI is InChI=1S/C11H12FNO/c12-9-3-1-2-8-6-14-11(10(8)9)4-5-13-7-11/h1-3,13H,4-7H2. The molecule has 2 aliphatic rings. The number of fused-ring (bicyclic) bond motifs is 2. The third-order valence-corrected chi connectivity index (χ3v) is 3.18. The minimum absolute atomic E-state index is 0.122. The lowest BCUT2D eigenvalue weighted by Gasteiger charge is -2.22. The monoisotopic (exact) mass is 193 g/mol. The molecule has 2 nitrogen and oxygen atoms in total. The second-order valence-corrected chi connectivity index (χ2v) is 3.98. The molecule has 0 aliphatic carbocycles. The van der Waals surface area contributed by atoms with Crippen LogP contribution in [0.1, 0.15) is 17.5 Å². The molecule has 1 spiro atoms. The minimum Gasteiger partial charge on any atom is -0.364 e. The highest BCUT2D eigenvalue weighted by atomic mass is 19.1. The van der Waals surface area contributed by atoms with E-state index in [2.05, 4.69) is 5.32 Å². The number of nitrogens with one attached hydrogen (secondary N) is 1. The Kier molecular flexibility index (Phi) is 1.66. The van der Waals surface area contributed by atoms with Crippen molar-refractivity contribution in [3.63, 3.8) is 0 Å². The van der Waals surface area contributed by atoms with Gasteiger partial charge in [0.05, 0.1) is 6.61 Å². The van der Waals surface area contributed by atoms with Gasteiger partial charge in [-0.25, -0.2) is 4.39 Å². The zero-order valence-corrected chi connectivity index (χ0v) is 7.85. The maximum atomic E-state index is 13.7. The van der Waals surface area contributed by atoms with Crippen LogP contribution in [0, 0.1) is 5.82 Å². The van der Waals surface area contributed by atoms with Crippen molar-refractivity contribution in [3.05, 3.63) is 35.1 Å². The molecule has 2 heterocycles. The van der Waals surface area contributed by atoms with Crippen molar-refractivity contribution in [2.75, 3.05) is 13.1 Å². The third kappa shape index (κ3) is 0.967. The van der Waals surface area contributed by atoms with Crippen molar-refractivity contribution >= 4 is 0 Å². The van der Waals surface area contributed by atoms with Gasteiger partial charge in [0.1, 0.15) is 11.4 Å². The highest BCUT2D eigenvalue weighted by Crippen LogP contribution is 2.41. The quantitative estimate of drug-likeness (QED) is 0.675. The fourth-order valence-corrected chi connectivity index (χ4v) is 2.49. The lowest BCUT2D eigenvalue weighted by molar-refractivity contribution is -0.0235. The van der Waals surface area contributed by atoms with Crippen LogP contribution in [0.3, 0.4) is 0 Å². The summed E-state index contributed by atoms with van der Waals surface area (Å²) in [5.74, 6) is -0.122. The van der Waals surface area contributed by atoms with Gasteiger partial charge in [-0.3, -0.25) is 0 Å². The van der Waals surface area contributed by atoms with Gasteiger partial charge >= 0.3 is 0 Å². The Morgan fingerprint density at radius 3 is 3.14 bits per heavy atom. The second-order valence-electron chi connectivity index (χ2n) is 3.98. The van der Waals surface area contributed by atoms with Crippen molar-refractivity contribution in [1.82, 2.24) is 5.32 Å². The number of benzene rings is 1. The Balaban J connectivity index is 2.16. The predicted octanol–water partition coefficient (Wildman–Crippen LogP) is 1.54. The fraction of sp³-hybridized carbons (Fsp3) is 0.455. The van der Waals surface area contributed by atoms with E-state index in [0.29, 0.717) is 6.61 Å². The maximum Gasteiger partial charge on any atom is 0.129 e. The lowest BCUT2D eigenvalue weighted by Crippen LogP contribution is -2.28. The molecule has 1 aromatic carbocycles. The first-order valence-corrected chi connectivity index (χ1v) is 4.94. The van der Waals surface area contributed by atoms with Crippen LogP contribution in [0.4, 0.5) is 4.39 Å². The molecule has 1 aromatic rings. The molecular formula is C11H12FNO. The maximum absolute atomic E-state index is 13.7. The molecule has 0 bridgehead atoms. The van der Waals surface area contributed by atoms with E-state index >= 15 is 0 Å². The van der Waals surface area contributed by atoms with Gasteiger partial charge in [0.2, 0.25) is 0 Å². The molecule has 0 radical (unpaired) electrons. The van der Waals surface area contributed by atoms with Gasteiger partial charge in [-0.15, -0.1) is 0 Å². The van der Waals surface area contributed by atoms with E-state index in [9.17, 15) is 4.39 Å². The van der Waals surface area contributed by atoms with Crippen molar-refractivity contribution in [3.8, 4) is 0 Å². The zero-order chi connectivity index (χ0) is 9.60. The van der Waals surface area contributed by atoms with E-state index in [1.807, 2.05) is 6.07 Å². The Labute approximate surface area is 82.1 Å². The van der Waals surface area contributed by atoms with Crippen LogP contribution in [0.2, 0.25) is 0 Å². The Bertz CT molecular complexity index is 372. The van der Waals surface area contributed by atoms with Crippen LogP contribution in [-0.2, 0) is 16.9 Å². The lowest BCUT2D eigenvalue weighted by atomic mass is 9.91. The molecule has 2 aliphatic heterocycles. The average molecular weight is 193 g/mol. The molecule has 1 fully saturated rings. The van der Waals surface area contributed by atoms with Crippen molar-refractivity contribution in [1.29, 1.82) is 0 Å². The van der Waals surface area contributed by atoms with Crippen molar-refractivity contribution in [2.45, 2.75) is 18.6 Å². The second kappa shape index (κ2) is 2.78. The summed E-state index contributed by atoms with van der Waals surface area (Å²) in [6.45, 7) is 2.20. The summed E-state index contributed by atoms with van der Waals surface area (Å²) < 4.78 is 19.4. The molecule has 3 rings (SSSR count). The molecule has 1 saturated heterocycles. The van der Waals surface area contributed by atoms with Gasteiger partial charge < -0.3 is 10.1 Å². The largest absolute Gasteiger partial charge is 0.364 e. The normalized spacial score (nSPS) is 29.8. The van der Waals surface area contributed by atoms with Crippen LogP contribution in [0.5, 0.6) is 0 Å². The molecule has 14 heavy (non-hydrogen) atoms. The SMILES string of the molecule is Fc1cccc2c1C1(CCNC1)OC2. The van der Waals surface area contributed by atoms with Gasteiger partial charge in [0.25, 0.3) is 0 Å². The van der Waals surface area contributed by atoms with Gasteiger partial charge in [-0.2, -0.15) is 0 Å². The fourth-order valence-electron chi connectivity index (χ4n) is 2.49. The van der Waals surface area contributed by atoms with E-state index in [1.54, 1.807) is 6.07 Å². The number of ether oxygens (including phenoxy) is 1. The number of rotatable bonds is 0. The van der Waals surface area contributed by atoms with E-state index in [1.165, 1.54) is 6.07 Å². The van der Waals surface area contributed by atoms with Crippen molar-refractivity contribution < 1.29 is 9.13 Å². The van der Waals surface area contributed by atoms with Crippen LogP contribution in [0.25, 0.3) is 0 Å². The molecule has 1 atom stereocenters. The summed E-state index contributed by atoms with van der Waals surface area (Å²) in [7, 11) is 0. The highest BCUT2D eigenvalue weighted by Gasteiger charge is 2.44. The van der Waals surface area contributed by atoms with Crippen LogP contribution >= 0.6 is 0 Å². The predicted molar refractivity (Wildman–Crippen MR) is 50.4 cm³/mol. The van der Waals surface area contributed by atoms with Gasteiger partial charge in [-0.05, 0) is 24.6 Å². The molecule has 74 valence electrons. The van der Waals surface area contributed by atoms with Crippen LogP contribution in [-0.4, -0.2) is 13.1 Å². The van der Waals surface area contributed by atoms with Crippen LogP contribution in [0.15, 0.2) is 18.2 Å². The summed E-state index contributed by atoms with van der Waals surface area (Å²) >= 11 is 0. The van der Waals surface area contributed by atoms with E-state index in [4.69, 9.17) is 4.74 Å². The first-order valence-electron chi connectivity index (χ1n) is 4.94. The molecular weight excluding hydrogens is 181 g/mol. The Morgan fingerprint density at radius 1 is 1.43 bits per heavy atom. The summed E-state index contributed by atoms with van der Waals surface area (Å²) in [6, 6.07) is 5.22. The first-order chi connectivity index (χ1) is 6.82. The topological polar surface area (TPSA) is 21.3 Å². The average Bonchev–Trinajstić information content (AvgIpc) is 2.77. The summed E-state index contributed by atoms with van der Waals surface area (Å²) in [5.41, 5.74) is 1.42. The number of hydrogen-bond donors (Lipinski definition) is 1. The molecule has 3 heteroatoms. The van der Waals surface area contributed by atoms with Crippen molar-refractivity contribution in [2.24, 2.45) is 0 Å². The molecule has 0 saturated carbocycles. The van der Waals surface area contributed by atoms with E-state index in [0.717, 1.165) is 30.6 Å². The number of halogens is 1. The Morgan fingerprint density at radius 2 is 2.36 bits per heavy atom. The Hall–Kier alpha value is -0.930. The molecule has 1 N–H and O–H groups in total. The summed E-state index contributed by atoms with van der Waals surface area (Å²) in [4.78, 5) is 0. The van der Waals surface area contributed by atoms with Crippen LogP contribution < -0.4 is 5.32 Å².